The molecule has 5 rings (SSSR count). The summed E-state index contributed by atoms with van der Waals surface area (Å²) in [5, 5.41) is 0. The molecule has 1 atom stereocenters. The Kier molecular flexibility index (Phi) is 5.27. The first-order valence-electron chi connectivity index (χ1n) is 11.1. The van der Waals surface area contributed by atoms with E-state index >= 15 is 0 Å². The number of piperidine rings is 1. The summed E-state index contributed by atoms with van der Waals surface area (Å²) in [6, 6.07) is 6.96. The van der Waals surface area contributed by atoms with Gasteiger partial charge in [-0.1, -0.05) is 12.1 Å². The van der Waals surface area contributed by atoms with E-state index in [1.165, 1.54) is 0 Å². The fourth-order valence-corrected chi connectivity index (χ4v) is 6.65. The maximum Gasteiger partial charge on any atom is 0.251 e. The second-order valence-electron chi connectivity index (χ2n) is 9.30. The monoisotopic (exact) mass is 434 g/mol. The second-order valence-corrected chi connectivity index (χ2v) is 11.2. The standard InChI is InChI=1S/C22H30N2O5S/c25-21(19-5-3-13-28-19)23-11-9-22(10-12-23)15-24(14-17-7-8-17)30(26,27)20-6-2-1-4-18(20)29-16-22/h1-2,4,6,17,19H,3,5,7-16H2/t19-/m1/s1. The van der Waals surface area contributed by atoms with Gasteiger partial charge in [0, 0.05) is 38.2 Å². The largest absolute Gasteiger partial charge is 0.492 e. The zero-order valence-corrected chi connectivity index (χ0v) is 18.1. The van der Waals surface area contributed by atoms with Crippen molar-refractivity contribution < 1.29 is 22.7 Å². The van der Waals surface area contributed by atoms with E-state index in [0.717, 1.165) is 38.5 Å². The van der Waals surface area contributed by atoms with Gasteiger partial charge in [-0.15, -0.1) is 0 Å². The highest BCUT2D eigenvalue weighted by atomic mass is 32.2. The summed E-state index contributed by atoms with van der Waals surface area (Å²) in [6.45, 7) is 3.43. The van der Waals surface area contributed by atoms with Crippen molar-refractivity contribution in [2.45, 2.75) is 49.5 Å². The zero-order chi connectivity index (χ0) is 20.8. The Labute approximate surface area is 178 Å². The van der Waals surface area contributed by atoms with Gasteiger partial charge >= 0.3 is 0 Å². The van der Waals surface area contributed by atoms with E-state index in [1.54, 1.807) is 22.5 Å². The van der Waals surface area contributed by atoms with Crippen LogP contribution >= 0.6 is 0 Å². The molecule has 1 spiro atoms. The molecule has 1 amide bonds. The maximum absolute atomic E-state index is 13.5. The van der Waals surface area contributed by atoms with Crippen LogP contribution in [0.1, 0.15) is 38.5 Å². The zero-order valence-electron chi connectivity index (χ0n) is 17.3. The van der Waals surface area contributed by atoms with Crippen molar-refractivity contribution >= 4 is 15.9 Å². The molecule has 4 aliphatic rings. The Morgan fingerprint density at radius 1 is 1.13 bits per heavy atom. The molecule has 8 heteroatoms. The van der Waals surface area contributed by atoms with Crippen LogP contribution in [0.25, 0.3) is 0 Å². The quantitative estimate of drug-likeness (QED) is 0.730. The van der Waals surface area contributed by atoms with Crippen molar-refractivity contribution in [1.29, 1.82) is 0 Å². The molecule has 30 heavy (non-hydrogen) atoms. The van der Waals surface area contributed by atoms with E-state index in [9.17, 15) is 13.2 Å². The number of sulfonamides is 1. The predicted octanol–water partition coefficient (Wildman–Crippen LogP) is 2.27. The van der Waals surface area contributed by atoms with Gasteiger partial charge in [-0.05, 0) is 56.6 Å². The van der Waals surface area contributed by atoms with Gasteiger partial charge in [0.25, 0.3) is 5.91 Å². The Hall–Kier alpha value is -1.64. The molecular weight excluding hydrogens is 404 g/mol. The molecular formula is C22H30N2O5S. The SMILES string of the molecule is O=C([C@H]1CCCO1)N1CCC2(CC1)COc1ccccc1S(=O)(=O)N(CC1CC1)C2. The van der Waals surface area contributed by atoms with Gasteiger partial charge in [0.15, 0.2) is 0 Å². The molecule has 0 bridgehead atoms. The first-order chi connectivity index (χ1) is 14.5. The molecule has 0 radical (unpaired) electrons. The number of hydrogen-bond acceptors (Lipinski definition) is 5. The average Bonchev–Trinajstić information content (AvgIpc) is 3.40. The second kappa shape index (κ2) is 7.80. The number of carbonyl (C=O) groups is 1. The highest BCUT2D eigenvalue weighted by Crippen LogP contribution is 2.41. The molecule has 3 fully saturated rings. The van der Waals surface area contributed by atoms with Crippen molar-refractivity contribution in [2.24, 2.45) is 11.3 Å². The van der Waals surface area contributed by atoms with Crippen molar-refractivity contribution in [3.63, 3.8) is 0 Å². The molecule has 1 saturated carbocycles. The average molecular weight is 435 g/mol. The van der Waals surface area contributed by atoms with E-state index in [1.807, 2.05) is 11.0 Å². The van der Waals surface area contributed by atoms with E-state index in [-0.39, 0.29) is 22.3 Å². The number of fused-ring (bicyclic) bond motifs is 1. The summed E-state index contributed by atoms with van der Waals surface area (Å²) in [7, 11) is -3.61. The van der Waals surface area contributed by atoms with E-state index in [4.69, 9.17) is 9.47 Å². The van der Waals surface area contributed by atoms with Crippen molar-refractivity contribution in [2.75, 3.05) is 39.4 Å². The van der Waals surface area contributed by atoms with Crippen LogP contribution < -0.4 is 4.74 Å². The molecule has 1 aromatic rings. The molecule has 3 aliphatic heterocycles. The number of hydrogen-bond donors (Lipinski definition) is 0. The lowest BCUT2D eigenvalue weighted by Crippen LogP contribution is -2.53. The van der Waals surface area contributed by atoms with Crippen LogP contribution in [-0.4, -0.2) is 69.0 Å². The summed E-state index contributed by atoms with van der Waals surface area (Å²) in [5.74, 6) is 0.989. The van der Waals surface area contributed by atoms with Crippen LogP contribution in [0, 0.1) is 11.3 Å². The van der Waals surface area contributed by atoms with Gasteiger partial charge in [0.1, 0.15) is 16.7 Å². The van der Waals surface area contributed by atoms with Crippen LogP contribution in [0.2, 0.25) is 0 Å². The minimum atomic E-state index is -3.61. The predicted molar refractivity (Wildman–Crippen MR) is 111 cm³/mol. The third kappa shape index (κ3) is 3.85. The molecule has 3 heterocycles. The van der Waals surface area contributed by atoms with Crippen LogP contribution in [0.15, 0.2) is 29.2 Å². The first kappa shape index (κ1) is 20.3. The fraction of sp³-hybridized carbons (Fsp3) is 0.682. The van der Waals surface area contributed by atoms with E-state index < -0.39 is 10.0 Å². The molecule has 164 valence electrons. The van der Waals surface area contributed by atoms with Crippen LogP contribution in [0.5, 0.6) is 5.75 Å². The topological polar surface area (TPSA) is 76.1 Å². The summed E-state index contributed by atoms with van der Waals surface area (Å²) in [4.78, 5) is 14.9. The van der Waals surface area contributed by atoms with Crippen molar-refractivity contribution in [3.05, 3.63) is 24.3 Å². The number of carbonyl (C=O) groups excluding carboxylic acids is 1. The summed E-state index contributed by atoms with van der Waals surface area (Å²) in [5.41, 5.74) is -0.275. The smallest absolute Gasteiger partial charge is 0.251 e. The lowest BCUT2D eigenvalue weighted by molar-refractivity contribution is -0.143. The number of likely N-dealkylation sites (tertiary alicyclic amines) is 1. The lowest BCUT2D eigenvalue weighted by atomic mass is 9.78. The molecule has 0 aromatic heterocycles. The molecule has 1 aromatic carbocycles. The van der Waals surface area contributed by atoms with Crippen LogP contribution in [-0.2, 0) is 19.6 Å². The molecule has 7 nitrogen and oxygen atoms in total. The molecule has 0 unspecified atom stereocenters. The number of rotatable bonds is 3. The highest BCUT2D eigenvalue weighted by molar-refractivity contribution is 7.89. The Morgan fingerprint density at radius 3 is 2.60 bits per heavy atom. The lowest BCUT2D eigenvalue weighted by Gasteiger charge is -2.45. The minimum Gasteiger partial charge on any atom is -0.492 e. The molecule has 1 aliphatic carbocycles. The summed E-state index contributed by atoms with van der Waals surface area (Å²) in [6.07, 6.45) is 5.12. The number of ether oxygens (including phenoxy) is 2. The van der Waals surface area contributed by atoms with Crippen LogP contribution in [0.3, 0.4) is 0 Å². The summed E-state index contributed by atoms with van der Waals surface area (Å²) < 4.78 is 40.3. The number of amides is 1. The van der Waals surface area contributed by atoms with E-state index in [0.29, 0.717) is 51.1 Å². The normalized spacial score (nSPS) is 28.4. The third-order valence-electron chi connectivity index (χ3n) is 7.01. The number of para-hydroxylation sites is 1. The first-order valence-corrected chi connectivity index (χ1v) is 12.5. The fourth-order valence-electron chi connectivity index (χ4n) is 4.89. The van der Waals surface area contributed by atoms with Gasteiger partial charge in [0.05, 0.1) is 6.61 Å². The van der Waals surface area contributed by atoms with Gasteiger partial charge in [0.2, 0.25) is 10.0 Å². The Morgan fingerprint density at radius 2 is 1.90 bits per heavy atom. The Balaban J connectivity index is 1.37. The van der Waals surface area contributed by atoms with Gasteiger partial charge in [-0.3, -0.25) is 4.79 Å². The van der Waals surface area contributed by atoms with Gasteiger partial charge in [-0.2, -0.15) is 4.31 Å². The third-order valence-corrected chi connectivity index (χ3v) is 8.86. The van der Waals surface area contributed by atoms with E-state index in [2.05, 4.69) is 0 Å². The number of benzene rings is 1. The van der Waals surface area contributed by atoms with Gasteiger partial charge in [-0.25, -0.2) is 8.42 Å². The van der Waals surface area contributed by atoms with Crippen molar-refractivity contribution in [3.8, 4) is 5.75 Å². The molecule has 2 saturated heterocycles. The number of nitrogens with zero attached hydrogens (tertiary/aromatic N) is 2. The van der Waals surface area contributed by atoms with Crippen LogP contribution in [0.4, 0.5) is 0 Å². The highest BCUT2D eigenvalue weighted by Gasteiger charge is 2.45. The van der Waals surface area contributed by atoms with Gasteiger partial charge < -0.3 is 14.4 Å². The summed E-state index contributed by atoms with van der Waals surface area (Å²) >= 11 is 0. The van der Waals surface area contributed by atoms with Crippen molar-refractivity contribution in [1.82, 2.24) is 9.21 Å². The minimum absolute atomic E-state index is 0.0851. The maximum atomic E-state index is 13.5. The molecule has 0 N–H and O–H groups in total. The Bertz CT molecular complexity index is 900.